The highest BCUT2D eigenvalue weighted by Crippen LogP contribution is 2.45. The number of hydrogen-bond acceptors (Lipinski definition) is 15. The first kappa shape index (κ1) is 82.1. The van der Waals surface area contributed by atoms with Gasteiger partial charge in [-0.05, 0) is 49.4 Å². The normalized spacial score (nSPS) is 15.7. The van der Waals surface area contributed by atoms with Gasteiger partial charge in [-0.15, -0.1) is 0 Å². The van der Waals surface area contributed by atoms with E-state index < -0.39 is 97.5 Å². The number of ether oxygens (including phenoxy) is 4. The van der Waals surface area contributed by atoms with Gasteiger partial charge in [0.05, 0.1) is 26.4 Å². The number of carbonyl (C=O) groups is 4. The number of phosphoric ester groups is 2. The van der Waals surface area contributed by atoms with E-state index in [0.717, 1.165) is 126 Å². The molecule has 17 nitrogen and oxygen atoms in total. The van der Waals surface area contributed by atoms with Gasteiger partial charge in [0.1, 0.15) is 19.3 Å². The van der Waals surface area contributed by atoms with Crippen molar-refractivity contribution in [1.29, 1.82) is 0 Å². The standard InChI is InChI=1S/C65H126O17P2/c1-9-55(5)41-33-25-17-15-13-14-16-18-31-39-47-64(69)81-60(51-75-62(67)45-37-29-22-19-26-34-42-56(6)10-2)53-79-83(71,72)77-49-59(66)50-78-84(73,74)80-54-61(82-65(70)48-40-32-24-21-28-36-44-58(8)12-4)52-76-63(68)46-38-30-23-20-27-35-43-57(7)11-3/h55-61,66H,9-54H2,1-8H3,(H,71,72)(H,73,74)/t55?,56?,57?,58?,59-,60-,61-/m1/s1. The molecule has 0 rings (SSSR count). The Morgan fingerprint density at radius 2 is 0.536 bits per heavy atom. The molecule has 0 bridgehead atoms. The van der Waals surface area contributed by atoms with Gasteiger partial charge >= 0.3 is 39.5 Å². The van der Waals surface area contributed by atoms with E-state index in [9.17, 15) is 43.2 Å². The molecule has 3 N–H and O–H groups in total. The summed E-state index contributed by atoms with van der Waals surface area (Å²) in [6, 6.07) is 0. The minimum absolute atomic E-state index is 0.101. The highest BCUT2D eigenvalue weighted by atomic mass is 31.2. The Morgan fingerprint density at radius 1 is 0.321 bits per heavy atom. The van der Waals surface area contributed by atoms with Crippen molar-refractivity contribution in [2.75, 3.05) is 39.6 Å². The largest absolute Gasteiger partial charge is 0.472 e. The van der Waals surface area contributed by atoms with Crippen molar-refractivity contribution in [3.05, 3.63) is 0 Å². The zero-order valence-electron chi connectivity index (χ0n) is 54.5. The average molecular weight is 1240 g/mol. The van der Waals surface area contributed by atoms with E-state index in [4.69, 9.17) is 37.0 Å². The Kier molecular flexibility index (Phi) is 53.9. The molecule has 0 aliphatic rings. The number of carbonyl (C=O) groups excluding carboxylic acids is 4. The molecule has 498 valence electrons. The first-order valence-electron chi connectivity index (χ1n) is 33.9. The fourth-order valence-electron chi connectivity index (χ4n) is 9.48. The fraction of sp³-hybridized carbons (Fsp3) is 0.938. The summed E-state index contributed by atoms with van der Waals surface area (Å²) in [5, 5.41) is 10.5. The van der Waals surface area contributed by atoms with Crippen LogP contribution in [0.2, 0.25) is 0 Å². The Hall–Kier alpha value is -1.94. The maximum Gasteiger partial charge on any atom is 0.472 e. The highest BCUT2D eigenvalue weighted by molar-refractivity contribution is 7.47. The summed E-state index contributed by atoms with van der Waals surface area (Å²) >= 11 is 0. The SMILES string of the molecule is CCC(C)CCCCCCCCCCCCC(=O)O[C@H](COC(=O)CCCCCCCCC(C)CC)COP(=O)(O)OC[C@@H](O)COP(=O)(O)OC[C@@H](COC(=O)CCCCCCCCC(C)CC)OC(=O)CCCCCCCCC(C)CC. The lowest BCUT2D eigenvalue weighted by Gasteiger charge is -2.21. The molecule has 0 aromatic rings. The smallest absolute Gasteiger partial charge is 0.462 e. The van der Waals surface area contributed by atoms with E-state index in [1.54, 1.807) is 0 Å². The number of hydrogen-bond donors (Lipinski definition) is 3. The number of unbranched alkanes of at least 4 members (excludes halogenated alkanes) is 24. The van der Waals surface area contributed by atoms with Crippen molar-refractivity contribution in [2.24, 2.45) is 23.7 Å². The molecule has 9 atom stereocenters. The summed E-state index contributed by atoms with van der Waals surface area (Å²) in [4.78, 5) is 72.3. The predicted molar refractivity (Wildman–Crippen MR) is 335 cm³/mol. The van der Waals surface area contributed by atoms with Gasteiger partial charge in [0.25, 0.3) is 0 Å². The lowest BCUT2D eigenvalue weighted by atomic mass is 9.99. The van der Waals surface area contributed by atoms with E-state index >= 15 is 0 Å². The van der Waals surface area contributed by atoms with Crippen LogP contribution in [-0.2, 0) is 65.4 Å². The van der Waals surface area contributed by atoms with Gasteiger partial charge in [0, 0.05) is 25.7 Å². The van der Waals surface area contributed by atoms with Crippen LogP contribution in [0.5, 0.6) is 0 Å². The summed E-state index contributed by atoms with van der Waals surface area (Å²) in [5.41, 5.74) is 0. The van der Waals surface area contributed by atoms with Gasteiger partial charge in [0.2, 0.25) is 0 Å². The molecule has 0 heterocycles. The van der Waals surface area contributed by atoms with Gasteiger partial charge in [-0.25, -0.2) is 9.13 Å². The van der Waals surface area contributed by atoms with E-state index in [2.05, 4.69) is 55.4 Å². The molecule has 0 saturated heterocycles. The summed E-state index contributed by atoms with van der Waals surface area (Å²) in [6.07, 6.45) is 34.8. The van der Waals surface area contributed by atoms with Crippen LogP contribution in [-0.4, -0.2) is 96.7 Å². The van der Waals surface area contributed by atoms with Gasteiger partial charge in [-0.2, -0.15) is 0 Å². The number of aliphatic hydroxyl groups excluding tert-OH is 1. The van der Waals surface area contributed by atoms with Crippen molar-refractivity contribution in [3.8, 4) is 0 Å². The molecule has 84 heavy (non-hydrogen) atoms. The van der Waals surface area contributed by atoms with E-state index in [1.165, 1.54) is 103 Å². The lowest BCUT2D eigenvalue weighted by Crippen LogP contribution is -2.30. The molecule has 0 aromatic carbocycles. The molecular weight excluding hydrogens is 1110 g/mol. The van der Waals surface area contributed by atoms with Gasteiger partial charge in [-0.3, -0.25) is 37.3 Å². The summed E-state index contributed by atoms with van der Waals surface area (Å²) in [5.74, 6) is 0.844. The quantitative estimate of drug-likeness (QED) is 0.0222. The van der Waals surface area contributed by atoms with Gasteiger partial charge in [-0.1, -0.05) is 261 Å². The van der Waals surface area contributed by atoms with Gasteiger partial charge < -0.3 is 33.8 Å². The van der Waals surface area contributed by atoms with E-state index in [1.807, 2.05) is 0 Å². The first-order chi connectivity index (χ1) is 40.2. The van der Waals surface area contributed by atoms with Crippen molar-refractivity contribution in [3.63, 3.8) is 0 Å². The monoisotopic (exact) mass is 1240 g/mol. The predicted octanol–water partition coefficient (Wildman–Crippen LogP) is 17.8. The summed E-state index contributed by atoms with van der Waals surface area (Å²) in [6.45, 7) is 14.0. The van der Waals surface area contributed by atoms with Crippen LogP contribution in [0.15, 0.2) is 0 Å². The average Bonchev–Trinajstić information content (AvgIpc) is 3.47. The van der Waals surface area contributed by atoms with Gasteiger partial charge in [0.15, 0.2) is 12.2 Å². The molecule has 0 amide bonds. The molecule has 0 fully saturated rings. The second kappa shape index (κ2) is 55.2. The van der Waals surface area contributed by atoms with E-state index in [-0.39, 0.29) is 25.7 Å². The Balaban J connectivity index is 5.27. The van der Waals surface area contributed by atoms with Crippen LogP contribution >= 0.6 is 15.6 Å². The summed E-state index contributed by atoms with van der Waals surface area (Å²) < 4.78 is 68.0. The molecule has 6 unspecified atom stereocenters. The fourth-order valence-corrected chi connectivity index (χ4v) is 11.1. The number of phosphoric acid groups is 2. The number of rotatable bonds is 62. The third-order valence-corrected chi connectivity index (χ3v) is 18.2. The zero-order valence-corrected chi connectivity index (χ0v) is 56.3. The third-order valence-electron chi connectivity index (χ3n) is 16.3. The molecule has 19 heteroatoms. The van der Waals surface area contributed by atoms with Crippen molar-refractivity contribution in [1.82, 2.24) is 0 Å². The number of aliphatic hydroxyl groups is 1. The highest BCUT2D eigenvalue weighted by Gasteiger charge is 2.30. The lowest BCUT2D eigenvalue weighted by molar-refractivity contribution is -0.161. The third kappa shape index (κ3) is 54.2. The second-order valence-electron chi connectivity index (χ2n) is 24.5. The maximum absolute atomic E-state index is 13.0. The van der Waals surface area contributed by atoms with Crippen LogP contribution in [0.1, 0.15) is 312 Å². The Labute approximate surface area is 511 Å². The molecule has 0 radical (unpaired) electrons. The molecule has 0 saturated carbocycles. The topological polar surface area (TPSA) is 237 Å². The molecular formula is C65H126O17P2. The van der Waals surface area contributed by atoms with Crippen molar-refractivity contribution < 1.29 is 80.2 Å². The first-order valence-corrected chi connectivity index (χ1v) is 36.8. The van der Waals surface area contributed by atoms with Crippen molar-refractivity contribution in [2.45, 2.75) is 331 Å². The molecule has 0 aliphatic heterocycles. The van der Waals surface area contributed by atoms with Crippen LogP contribution in [0.25, 0.3) is 0 Å². The number of esters is 4. The second-order valence-corrected chi connectivity index (χ2v) is 27.4. The van der Waals surface area contributed by atoms with Crippen LogP contribution < -0.4 is 0 Å². The van der Waals surface area contributed by atoms with Crippen LogP contribution in [0.3, 0.4) is 0 Å². The van der Waals surface area contributed by atoms with Crippen LogP contribution in [0, 0.1) is 23.7 Å². The van der Waals surface area contributed by atoms with Crippen molar-refractivity contribution >= 4 is 39.5 Å². The van der Waals surface area contributed by atoms with E-state index in [0.29, 0.717) is 25.7 Å². The Bertz CT molecular complexity index is 1690. The maximum atomic E-state index is 13.0. The summed E-state index contributed by atoms with van der Waals surface area (Å²) in [7, 11) is -9.89. The Morgan fingerprint density at radius 3 is 0.786 bits per heavy atom. The zero-order chi connectivity index (χ0) is 62.5. The molecule has 0 aliphatic carbocycles. The minimum atomic E-state index is -4.95. The molecule has 0 aromatic heterocycles. The minimum Gasteiger partial charge on any atom is -0.462 e. The molecule has 0 spiro atoms. The van der Waals surface area contributed by atoms with Crippen LogP contribution in [0.4, 0.5) is 0 Å².